The van der Waals surface area contributed by atoms with Gasteiger partial charge in [-0.3, -0.25) is 5.32 Å². The van der Waals surface area contributed by atoms with Crippen molar-refractivity contribution in [2.75, 3.05) is 18.5 Å². The summed E-state index contributed by atoms with van der Waals surface area (Å²) in [6, 6.07) is 5.52. The van der Waals surface area contributed by atoms with Crippen molar-refractivity contribution in [3.8, 4) is 5.75 Å². The Labute approximate surface area is 102 Å². The molecular formula is C13H19NO3. The molecule has 1 amide bonds. The maximum atomic E-state index is 11.2. The number of carbonyl (C=O) groups is 1. The summed E-state index contributed by atoms with van der Waals surface area (Å²) < 4.78 is 10.3. The zero-order chi connectivity index (χ0) is 12.7. The lowest BCUT2D eigenvalue weighted by Gasteiger charge is -2.10. The number of hydrogen-bond acceptors (Lipinski definition) is 3. The van der Waals surface area contributed by atoms with Crippen molar-refractivity contribution in [2.24, 2.45) is 0 Å². The normalized spacial score (nSPS) is 9.82. The molecule has 0 aliphatic rings. The van der Waals surface area contributed by atoms with Crippen LogP contribution in [0.1, 0.15) is 25.8 Å². The van der Waals surface area contributed by atoms with E-state index in [0.29, 0.717) is 18.9 Å². The molecule has 1 N–H and O–H groups in total. The van der Waals surface area contributed by atoms with Crippen LogP contribution in [0.25, 0.3) is 0 Å². The average Bonchev–Trinajstić information content (AvgIpc) is 2.28. The van der Waals surface area contributed by atoms with Crippen molar-refractivity contribution in [2.45, 2.75) is 27.2 Å². The van der Waals surface area contributed by atoms with Crippen molar-refractivity contribution in [1.82, 2.24) is 0 Å². The third-order valence-electron chi connectivity index (χ3n) is 2.16. The molecule has 0 aromatic heterocycles. The van der Waals surface area contributed by atoms with Crippen LogP contribution in [0.4, 0.5) is 10.5 Å². The Balaban J connectivity index is 2.64. The Morgan fingerprint density at radius 3 is 2.71 bits per heavy atom. The number of amides is 1. The first-order valence-corrected chi connectivity index (χ1v) is 5.84. The molecule has 4 nitrogen and oxygen atoms in total. The fourth-order valence-electron chi connectivity index (χ4n) is 1.39. The Morgan fingerprint density at radius 2 is 2.12 bits per heavy atom. The summed E-state index contributed by atoms with van der Waals surface area (Å²) >= 11 is 0. The molecule has 0 aliphatic carbocycles. The molecule has 1 aromatic rings. The number of aryl methyl sites for hydroxylation is 1. The number of nitrogens with one attached hydrogen (secondary N) is 1. The number of anilines is 1. The maximum absolute atomic E-state index is 11.2. The molecule has 17 heavy (non-hydrogen) atoms. The van der Waals surface area contributed by atoms with Crippen molar-refractivity contribution < 1.29 is 14.3 Å². The van der Waals surface area contributed by atoms with Crippen LogP contribution in [0, 0.1) is 6.92 Å². The molecule has 0 saturated carbocycles. The third-order valence-corrected chi connectivity index (χ3v) is 2.16. The van der Waals surface area contributed by atoms with E-state index in [1.165, 1.54) is 0 Å². The monoisotopic (exact) mass is 237 g/mol. The van der Waals surface area contributed by atoms with Crippen molar-refractivity contribution >= 4 is 11.8 Å². The Kier molecular flexibility index (Phi) is 5.33. The summed E-state index contributed by atoms with van der Waals surface area (Å²) in [7, 11) is 0. The second-order valence-corrected chi connectivity index (χ2v) is 3.67. The Hall–Kier alpha value is -1.71. The number of carbonyl (C=O) groups excluding carboxylic acids is 1. The van der Waals surface area contributed by atoms with Crippen LogP contribution in [0.15, 0.2) is 18.2 Å². The van der Waals surface area contributed by atoms with Gasteiger partial charge in [0, 0.05) is 5.69 Å². The quantitative estimate of drug-likeness (QED) is 0.854. The molecule has 94 valence electrons. The van der Waals surface area contributed by atoms with Gasteiger partial charge in [0.1, 0.15) is 5.75 Å². The highest BCUT2D eigenvalue weighted by atomic mass is 16.5. The first-order valence-electron chi connectivity index (χ1n) is 5.84. The first kappa shape index (κ1) is 13.4. The molecule has 0 atom stereocenters. The Bertz CT molecular complexity index is 377. The van der Waals surface area contributed by atoms with E-state index in [-0.39, 0.29) is 0 Å². The van der Waals surface area contributed by atoms with Crippen LogP contribution >= 0.6 is 0 Å². The molecule has 0 bridgehead atoms. The largest absolute Gasteiger partial charge is 0.493 e. The summed E-state index contributed by atoms with van der Waals surface area (Å²) in [6.45, 7) is 6.84. The summed E-state index contributed by atoms with van der Waals surface area (Å²) in [4.78, 5) is 11.2. The molecule has 0 heterocycles. The summed E-state index contributed by atoms with van der Waals surface area (Å²) in [5.74, 6) is 0.848. The lowest BCUT2D eigenvalue weighted by atomic mass is 10.2. The van der Waals surface area contributed by atoms with E-state index in [9.17, 15) is 4.79 Å². The van der Waals surface area contributed by atoms with Crippen LogP contribution in [0.2, 0.25) is 0 Å². The molecule has 0 saturated heterocycles. The van der Waals surface area contributed by atoms with E-state index in [0.717, 1.165) is 17.7 Å². The molecule has 0 spiro atoms. The van der Waals surface area contributed by atoms with Gasteiger partial charge in [-0.15, -0.1) is 0 Å². The molecule has 0 fully saturated rings. The lowest BCUT2D eigenvalue weighted by molar-refractivity contribution is 0.168. The van der Waals surface area contributed by atoms with Crippen LogP contribution < -0.4 is 10.1 Å². The highest BCUT2D eigenvalue weighted by Gasteiger charge is 2.04. The standard InChI is InChI=1S/C13H19NO3/c1-4-8-17-12-7-6-11(9-10(12)3)14-13(15)16-5-2/h6-7,9H,4-5,8H2,1-3H3,(H,14,15). The second kappa shape index (κ2) is 6.78. The summed E-state index contributed by atoms with van der Waals surface area (Å²) in [5, 5.41) is 2.65. The smallest absolute Gasteiger partial charge is 0.411 e. The van der Waals surface area contributed by atoms with E-state index in [1.807, 2.05) is 19.1 Å². The van der Waals surface area contributed by atoms with Gasteiger partial charge < -0.3 is 9.47 Å². The maximum Gasteiger partial charge on any atom is 0.411 e. The zero-order valence-electron chi connectivity index (χ0n) is 10.6. The summed E-state index contributed by atoms with van der Waals surface area (Å²) in [5.41, 5.74) is 1.71. The molecule has 1 rings (SSSR count). The lowest BCUT2D eigenvalue weighted by Crippen LogP contribution is -2.13. The van der Waals surface area contributed by atoms with Crippen molar-refractivity contribution in [1.29, 1.82) is 0 Å². The zero-order valence-corrected chi connectivity index (χ0v) is 10.6. The van der Waals surface area contributed by atoms with Gasteiger partial charge in [0.15, 0.2) is 0 Å². The van der Waals surface area contributed by atoms with Gasteiger partial charge in [-0.2, -0.15) is 0 Å². The molecule has 0 radical (unpaired) electrons. The van der Waals surface area contributed by atoms with Crippen LogP contribution in [0.5, 0.6) is 5.75 Å². The van der Waals surface area contributed by atoms with E-state index < -0.39 is 6.09 Å². The van der Waals surface area contributed by atoms with Gasteiger partial charge in [-0.25, -0.2) is 4.79 Å². The fourth-order valence-corrected chi connectivity index (χ4v) is 1.39. The first-order chi connectivity index (χ1) is 8.17. The van der Waals surface area contributed by atoms with E-state index in [2.05, 4.69) is 12.2 Å². The number of hydrogen-bond donors (Lipinski definition) is 1. The summed E-state index contributed by atoms with van der Waals surface area (Å²) in [6.07, 6.45) is 0.538. The van der Waals surface area contributed by atoms with Gasteiger partial charge in [0.05, 0.1) is 13.2 Å². The highest BCUT2D eigenvalue weighted by Crippen LogP contribution is 2.22. The van der Waals surface area contributed by atoms with Crippen LogP contribution in [-0.2, 0) is 4.74 Å². The van der Waals surface area contributed by atoms with E-state index in [4.69, 9.17) is 9.47 Å². The van der Waals surface area contributed by atoms with Crippen LogP contribution in [0.3, 0.4) is 0 Å². The minimum atomic E-state index is -0.436. The highest BCUT2D eigenvalue weighted by molar-refractivity contribution is 5.84. The molecule has 0 aliphatic heterocycles. The SMILES string of the molecule is CCCOc1ccc(NC(=O)OCC)cc1C. The third kappa shape index (κ3) is 4.34. The van der Waals surface area contributed by atoms with Crippen molar-refractivity contribution in [3.05, 3.63) is 23.8 Å². The van der Waals surface area contributed by atoms with E-state index in [1.54, 1.807) is 13.0 Å². The van der Waals surface area contributed by atoms with Crippen LogP contribution in [-0.4, -0.2) is 19.3 Å². The molecule has 1 aromatic carbocycles. The number of ether oxygens (including phenoxy) is 2. The average molecular weight is 237 g/mol. The fraction of sp³-hybridized carbons (Fsp3) is 0.462. The second-order valence-electron chi connectivity index (χ2n) is 3.67. The number of rotatable bonds is 5. The van der Waals surface area contributed by atoms with Gasteiger partial charge in [-0.1, -0.05) is 6.92 Å². The molecule has 4 heteroatoms. The minimum Gasteiger partial charge on any atom is -0.493 e. The topological polar surface area (TPSA) is 47.6 Å². The minimum absolute atomic E-state index is 0.364. The van der Waals surface area contributed by atoms with Gasteiger partial charge in [0.25, 0.3) is 0 Å². The predicted molar refractivity (Wildman–Crippen MR) is 67.6 cm³/mol. The molecular weight excluding hydrogens is 218 g/mol. The van der Waals surface area contributed by atoms with Gasteiger partial charge in [-0.05, 0) is 44.0 Å². The van der Waals surface area contributed by atoms with Gasteiger partial charge in [0.2, 0.25) is 0 Å². The molecule has 0 unspecified atom stereocenters. The van der Waals surface area contributed by atoms with Gasteiger partial charge >= 0.3 is 6.09 Å². The number of benzene rings is 1. The van der Waals surface area contributed by atoms with E-state index >= 15 is 0 Å². The van der Waals surface area contributed by atoms with Crippen molar-refractivity contribution in [3.63, 3.8) is 0 Å². The predicted octanol–water partition coefficient (Wildman–Crippen LogP) is 3.35. The Morgan fingerprint density at radius 1 is 1.35 bits per heavy atom.